The molecule has 2 N–H and O–H groups in total. The maximum atomic E-state index is 12.6. The monoisotopic (exact) mass is 357 g/mol. The molecule has 0 spiro atoms. The van der Waals surface area contributed by atoms with Gasteiger partial charge in [0.25, 0.3) is 0 Å². The van der Waals surface area contributed by atoms with Gasteiger partial charge in [-0.25, -0.2) is 4.98 Å². The van der Waals surface area contributed by atoms with Gasteiger partial charge in [0.05, 0.1) is 6.04 Å². The van der Waals surface area contributed by atoms with E-state index in [0.717, 1.165) is 42.6 Å². The van der Waals surface area contributed by atoms with Gasteiger partial charge in [0, 0.05) is 11.3 Å². The first kappa shape index (κ1) is 19.2. The number of nitrogens with zero attached hydrogens (tertiary/aromatic N) is 1. The van der Waals surface area contributed by atoms with Crippen LogP contribution in [-0.2, 0) is 11.0 Å². The van der Waals surface area contributed by atoms with Crippen molar-refractivity contribution in [1.82, 2.24) is 15.6 Å². The smallest absolute Gasteiger partial charge is 0.347 e. The van der Waals surface area contributed by atoms with Crippen molar-refractivity contribution in [3.63, 3.8) is 0 Å². The summed E-state index contributed by atoms with van der Waals surface area (Å²) in [5.41, 5.74) is -0.892. The molecule has 1 aromatic rings. The van der Waals surface area contributed by atoms with Gasteiger partial charge in [-0.3, -0.25) is 4.79 Å². The molecule has 1 atom stereocenters. The fourth-order valence-electron chi connectivity index (χ4n) is 2.29. The summed E-state index contributed by atoms with van der Waals surface area (Å²) in [4.78, 5) is 15.8. The number of halogens is 4. The predicted molar refractivity (Wildman–Crippen MR) is 81.1 cm³/mol. The molecule has 2 heterocycles. The second kappa shape index (κ2) is 8.12. The van der Waals surface area contributed by atoms with Crippen molar-refractivity contribution in [2.24, 2.45) is 5.92 Å². The Balaban J connectivity index is 0.00000242. The van der Waals surface area contributed by atoms with Gasteiger partial charge < -0.3 is 10.6 Å². The summed E-state index contributed by atoms with van der Waals surface area (Å²) < 4.78 is 37.7. The average molecular weight is 358 g/mol. The normalized spacial score (nSPS) is 17.6. The van der Waals surface area contributed by atoms with Gasteiger partial charge in [-0.1, -0.05) is 6.92 Å². The minimum absolute atomic E-state index is 0. The molecular formula is C13H19ClF3N3OS. The highest BCUT2D eigenvalue weighted by Gasteiger charge is 2.34. The first-order valence-corrected chi connectivity index (χ1v) is 7.83. The Kier molecular flexibility index (Phi) is 7.08. The zero-order valence-electron chi connectivity index (χ0n) is 12.1. The van der Waals surface area contributed by atoms with Crippen LogP contribution < -0.4 is 10.6 Å². The zero-order chi connectivity index (χ0) is 15.5. The van der Waals surface area contributed by atoms with E-state index in [2.05, 4.69) is 15.6 Å². The van der Waals surface area contributed by atoms with Crippen LogP contribution in [0.1, 0.15) is 42.9 Å². The number of rotatable bonds is 4. The second-order valence-corrected chi connectivity index (χ2v) is 5.95. The van der Waals surface area contributed by atoms with E-state index in [9.17, 15) is 18.0 Å². The van der Waals surface area contributed by atoms with Crippen molar-refractivity contribution < 1.29 is 18.0 Å². The number of aromatic nitrogens is 1. The van der Waals surface area contributed by atoms with E-state index in [-0.39, 0.29) is 24.2 Å². The van der Waals surface area contributed by atoms with Crippen molar-refractivity contribution in [1.29, 1.82) is 0 Å². The lowest BCUT2D eigenvalue weighted by molar-refractivity contribution is -0.140. The standard InChI is InChI=1S/C13H18F3N3OS.ClH/c1-2-9(12-19-10(7-21-12)13(14,15)16)18-11(20)8-3-5-17-6-4-8;/h7-9,17H,2-6H2,1H3,(H,18,20);1H. The van der Waals surface area contributed by atoms with Crippen LogP contribution in [0.25, 0.3) is 0 Å². The molecule has 9 heteroatoms. The fourth-order valence-corrected chi connectivity index (χ4v) is 3.25. The third kappa shape index (κ3) is 4.82. The molecule has 0 aliphatic carbocycles. The summed E-state index contributed by atoms with van der Waals surface area (Å²) in [7, 11) is 0. The van der Waals surface area contributed by atoms with Crippen LogP contribution in [0.15, 0.2) is 5.38 Å². The van der Waals surface area contributed by atoms with E-state index in [0.29, 0.717) is 11.4 Å². The number of alkyl halides is 3. The molecule has 1 aliphatic rings. The predicted octanol–water partition coefficient (Wildman–Crippen LogP) is 3.15. The third-order valence-electron chi connectivity index (χ3n) is 3.55. The molecule has 1 fully saturated rings. The Morgan fingerprint density at radius 3 is 2.64 bits per heavy atom. The van der Waals surface area contributed by atoms with Crippen LogP contribution in [-0.4, -0.2) is 24.0 Å². The minimum Gasteiger partial charge on any atom is -0.347 e. The van der Waals surface area contributed by atoms with Crippen LogP contribution in [0.4, 0.5) is 13.2 Å². The molecule has 0 saturated carbocycles. The number of hydrogen-bond acceptors (Lipinski definition) is 4. The summed E-state index contributed by atoms with van der Waals surface area (Å²) in [5.74, 6) is -0.158. The van der Waals surface area contributed by atoms with E-state index in [4.69, 9.17) is 0 Å². The number of piperidine rings is 1. The van der Waals surface area contributed by atoms with Gasteiger partial charge in [-0.2, -0.15) is 13.2 Å². The number of nitrogens with one attached hydrogen (secondary N) is 2. The highest BCUT2D eigenvalue weighted by molar-refractivity contribution is 7.09. The maximum Gasteiger partial charge on any atom is 0.434 e. The van der Waals surface area contributed by atoms with Crippen LogP contribution in [0.5, 0.6) is 0 Å². The van der Waals surface area contributed by atoms with Crippen molar-refractivity contribution in [3.8, 4) is 0 Å². The SMILES string of the molecule is CCC(NC(=O)C1CCNCC1)c1nc(C(F)(F)F)cs1.Cl. The summed E-state index contributed by atoms with van der Waals surface area (Å²) >= 11 is 0.940. The van der Waals surface area contributed by atoms with E-state index in [1.807, 2.05) is 6.92 Å². The van der Waals surface area contributed by atoms with E-state index in [1.165, 1.54) is 0 Å². The topological polar surface area (TPSA) is 54.0 Å². The quantitative estimate of drug-likeness (QED) is 0.870. The summed E-state index contributed by atoms with van der Waals surface area (Å²) in [6.07, 6.45) is -2.41. The molecule has 1 aromatic heterocycles. The number of carbonyl (C=O) groups excluding carboxylic acids is 1. The van der Waals surface area contributed by atoms with Crippen LogP contribution in [0.3, 0.4) is 0 Å². The van der Waals surface area contributed by atoms with E-state index in [1.54, 1.807) is 0 Å². The summed E-state index contributed by atoms with van der Waals surface area (Å²) in [6, 6.07) is -0.450. The van der Waals surface area contributed by atoms with Gasteiger partial charge in [0.15, 0.2) is 5.69 Å². The van der Waals surface area contributed by atoms with Crippen LogP contribution in [0, 0.1) is 5.92 Å². The third-order valence-corrected chi connectivity index (χ3v) is 4.50. The molecular weight excluding hydrogens is 339 g/mol. The van der Waals surface area contributed by atoms with E-state index >= 15 is 0 Å². The molecule has 0 radical (unpaired) electrons. The summed E-state index contributed by atoms with van der Waals surface area (Å²) in [6.45, 7) is 3.41. The second-order valence-electron chi connectivity index (χ2n) is 5.06. The Morgan fingerprint density at radius 2 is 2.14 bits per heavy atom. The highest BCUT2D eigenvalue weighted by atomic mass is 35.5. The molecule has 22 heavy (non-hydrogen) atoms. The first-order valence-electron chi connectivity index (χ1n) is 6.95. The van der Waals surface area contributed by atoms with Gasteiger partial charge in [-0.15, -0.1) is 23.7 Å². The van der Waals surface area contributed by atoms with Crippen molar-refractivity contribution in [2.45, 2.75) is 38.4 Å². The Hall–Kier alpha value is -0.860. The van der Waals surface area contributed by atoms with Crippen LogP contribution >= 0.6 is 23.7 Å². The summed E-state index contributed by atoms with van der Waals surface area (Å²) in [5, 5.41) is 7.31. The molecule has 126 valence electrons. The van der Waals surface area contributed by atoms with Gasteiger partial charge in [0.2, 0.25) is 5.91 Å². The van der Waals surface area contributed by atoms with Gasteiger partial charge >= 0.3 is 6.18 Å². The average Bonchev–Trinajstić information content (AvgIpc) is 2.95. The molecule has 4 nitrogen and oxygen atoms in total. The van der Waals surface area contributed by atoms with E-state index < -0.39 is 17.9 Å². The molecule has 2 rings (SSSR count). The Labute approximate surface area is 137 Å². The lowest BCUT2D eigenvalue weighted by Gasteiger charge is -2.24. The lowest BCUT2D eigenvalue weighted by atomic mass is 9.97. The fraction of sp³-hybridized carbons (Fsp3) is 0.692. The molecule has 0 aromatic carbocycles. The first-order chi connectivity index (χ1) is 9.91. The zero-order valence-corrected chi connectivity index (χ0v) is 13.7. The molecule has 1 saturated heterocycles. The highest BCUT2D eigenvalue weighted by Crippen LogP contribution is 2.32. The number of thiazole rings is 1. The molecule has 1 unspecified atom stereocenters. The van der Waals surface area contributed by atoms with Crippen LogP contribution in [0.2, 0.25) is 0 Å². The van der Waals surface area contributed by atoms with Crippen molar-refractivity contribution >= 4 is 29.7 Å². The minimum atomic E-state index is -4.44. The number of hydrogen-bond donors (Lipinski definition) is 2. The lowest BCUT2D eigenvalue weighted by Crippen LogP contribution is -2.39. The molecule has 1 amide bonds. The maximum absolute atomic E-state index is 12.6. The van der Waals surface area contributed by atoms with Crippen molar-refractivity contribution in [3.05, 3.63) is 16.1 Å². The number of carbonyl (C=O) groups is 1. The van der Waals surface area contributed by atoms with Gasteiger partial charge in [0.1, 0.15) is 5.01 Å². The largest absolute Gasteiger partial charge is 0.434 e. The Bertz CT molecular complexity index is 489. The Morgan fingerprint density at radius 1 is 1.50 bits per heavy atom. The van der Waals surface area contributed by atoms with Crippen molar-refractivity contribution in [2.75, 3.05) is 13.1 Å². The molecule has 0 bridgehead atoms. The molecule has 1 aliphatic heterocycles. The number of amides is 1. The van der Waals surface area contributed by atoms with Gasteiger partial charge in [-0.05, 0) is 32.4 Å².